The number of carbonyl (C=O) groups excluding carboxylic acids is 3. The van der Waals surface area contributed by atoms with E-state index in [9.17, 15) is 36.0 Å². The molecule has 0 aliphatic carbocycles. The second-order valence-corrected chi connectivity index (χ2v) is 12.6. The average Bonchev–Trinajstić information content (AvgIpc) is 3.53. The Morgan fingerprint density at radius 2 is 1.83 bits per heavy atom. The van der Waals surface area contributed by atoms with Crippen molar-refractivity contribution in [1.82, 2.24) is 13.9 Å². The molecule has 0 aromatic heterocycles. The second-order valence-electron chi connectivity index (χ2n) is 9.49. The molecule has 0 saturated carbocycles. The maximum absolute atomic E-state index is 13.5. The number of hydrogen-bond donors (Lipinski definition) is 3. The van der Waals surface area contributed by atoms with Crippen LogP contribution in [0.3, 0.4) is 0 Å². The van der Waals surface area contributed by atoms with E-state index in [0.717, 1.165) is 10.4 Å². The molecule has 0 atom stereocenters. The van der Waals surface area contributed by atoms with Gasteiger partial charge in [-0.25, -0.2) is 4.72 Å². The number of halogens is 4. The van der Waals surface area contributed by atoms with Crippen LogP contribution in [-0.2, 0) is 32.5 Å². The van der Waals surface area contributed by atoms with Crippen molar-refractivity contribution in [1.29, 1.82) is 5.41 Å². The van der Waals surface area contributed by atoms with Crippen LogP contribution in [0.1, 0.15) is 42.0 Å². The average molecular weight is 644 g/mol. The summed E-state index contributed by atoms with van der Waals surface area (Å²) in [6.45, 7) is 1.03. The Morgan fingerprint density at radius 3 is 2.48 bits per heavy atom. The molecule has 2 heterocycles. The van der Waals surface area contributed by atoms with Crippen LogP contribution in [0.4, 0.5) is 23.7 Å². The van der Waals surface area contributed by atoms with Crippen molar-refractivity contribution in [2.75, 3.05) is 25.0 Å². The van der Waals surface area contributed by atoms with Crippen molar-refractivity contribution >= 4 is 68.1 Å². The zero-order valence-corrected chi connectivity index (χ0v) is 24.4. The number of hydrogen-bond acceptors (Lipinski definition) is 8. The largest absolute Gasteiger partial charge is 0.416 e. The lowest BCUT2D eigenvalue weighted by Gasteiger charge is -2.17. The molecule has 2 saturated heterocycles. The van der Waals surface area contributed by atoms with Crippen LogP contribution < -0.4 is 10.0 Å². The first-order valence-corrected chi connectivity index (χ1v) is 15.1. The minimum absolute atomic E-state index is 0.0273. The fourth-order valence-corrected chi connectivity index (χ4v) is 6.60. The third-order valence-electron chi connectivity index (χ3n) is 6.42. The lowest BCUT2D eigenvalue weighted by Crippen LogP contribution is -2.46. The summed E-state index contributed by atoms with van der Waals surface area (Å²) in [6.07, 6.45) is -1.90. The smallest absolute Gasteiger partial charge is 0.380 e. The number of benzene rings is 2. The first-order chi connectivity index (χ1) is 19.7. The Kier molecular flexibility index (Phi) is 9.35. The van der Waals surface area contributed by atoms with Gasteiger partial charge in [-0.1, -0.05) is 23.7 Å². The number of nitrogens with one attached hydrogen (secondary N) is 3. The Morgan fingerprint density at radius 1 is 1.14 bits per heavy atom. The maximum Gasteiger partial charge on any atom is 0.416 e. The third kappa shape index (κ3) is 7.32. The van der Waals surface area contributed by atoms with Crippen LogP contribution in [0.2, 0.25) is 5.02 Å². The highest BCUT2D eigenvalue weighted by molar-refractivity contribution is 8.18. The quantitative estimate of drug-likeness (QED) is 0.262. The molecular weight excluding hydrogens is 619 g/mol. The van der Waals surface area contributed by atoms with Crippen LogP contribution in [0.25, 0.3) is 6.08 Å². The predicted molar refractivity (Wildman–Crippen MR) is 153 cm³/mol. The number of nitrogens with zero attached hydrogens (tertiary/aromatic N) is 2. The highest BCUT2D eigenvalue weighted by Gasteiger charge is 2.38. The van der Waals surface area contributed by atoms with Gasteiger partial charge in [0.15, 0.2) is 0 Å². The summed E-state index contributed by atoms with van der Waals surface area (Å²) in [4.78, 5) is 38.3. The van der Waals surface area contributed by atoms with Crippen LogP contribution in [0, 0.1) is 5.41 Å². The maximum atomic E-state index is 13.5. The molecule has 224 valence electrons. The lowest BCUT2D eigenvalue weighted by atomic mass is 10.0. The van der Waals surface area contributed by atoms with Crippen molar-refractivity contribution < 1.29 is 36.0 Å². The second kappa shape index (κ2) is 12.5. The molecule has 4 rings (SSSR count). The van der Waals surface area contributed by atoms with Gasteiger partial charge in [-0.15, -0.1) is 0 Å². The summed E-state index contributed by atoms with van der Waals surface area (Å²) in [6, 6.07) is 8.06. The van der Waals surface area contributed by atoms with Gasteiger partial charge >= 0.3 is 16.4 Å². The molecule has 16 heteroatoms. The molecule has 2 aromatic rings. The fourth-order valence-electron chi connectivity index (χ4n) is 4.37. The molecule has 3 amide bonds. The molecule has 42 heavy (non-hydrogen) atoms. The van der Waals surface area contributed by atoms with Gasteiger partial charge in [0, 0.05) is 41.6 Å². The third-order valence-corrected chi connectivity index (χ3v) is 9.09. The Labute approximate surface area is 249 Å². The van der Waals surface area contributed by atoms with Crippen LogP contribution in [-0.4, -0.2) is 60.0 Å². The normalized spacial score (nSPS) is 17.3. The molecule has 2 aliphatic rings. The summed E-state index contributed by atoms with van der Waals surface area (Å²) in [5.74, 6) is -1.83. The van der Waals surface area contributed by atoms with Gasteiger partial charge in [0.25, 0.3) is 17.1 Å². The van der Waals surface area contributed by atoms with E-state index in [1.807, 2.05) is 4.72 Å². The molecule has 0 spiro atoms. The predicted octanol–water partition coefficient (Wildman–Crippen LogP) is 4.85. The molecule has 0 unspecified atom stereocenters. The van der Waals surface area contributed by atoms with E-state index in [4.69, 9.17) is 17.0 Å². The molecule has 3 N–H and O–H groups in total. The van der Waals surface area contributed by atoms with Crippen LogP contribution >= 0.6 is 23.4 Å². The van der Waals surface area contributed by atoms with Gasteiger partial charge in [-0.3, -0.25) is 19.3 Å². The van der Waals surface area contributed by atoms with Gasteiger partial charge in [-0.2, -0.15) is 25.9 Å². The summed E-state index contributed by atoms with van der Waals surface area (Å²) in [5.41, 5.74) is 0.282. The monoisotopic (exact) mass is 643 g/mol. The summed E-state index contributed by atoms with van der Waals surface area (Å²) < 4.78 is 68.0. The summed E-state index contributed by atoms with van der Waals surface area (Å²) >= 11 is 6.31. The number of thioether (sulfide) groups is 1. The Bertz CT molecular complexity index is 1590. The number of carbonyl (C=O) groups is 3. The van der Waals surface area contributed by atoms with Crippen molar-refractivity contribution in [3.05, 3.63) is 68.6 Å². The number of rotatable bonds is 9. The minimum Gasteiger partial charge on any atom is -0.380 e. The first kappa shape index (κ1) is 31.5. The highest BCUT2D eigenvalue weighted by Crippen LogP contribution is 2.35. The molecule has 2 aromatic carbocycles. The highest BCUT2D eigenvalue weighted by atomic mass is 35.5. The summed E-state index contributed by atoms with van der Waals surface area (Å²) in [7, 11) is -4.07. The summed E-state index contributed by atoms with van der Waals surface area (Å²) in [5, 5.41) is 10.2. The number of amides is 3. The van der Waals surface area contributed by atoms with Crippen molar-refractivity contribution in [2.45, 2.75) is 32.5 Å². The lowest BCUT2D eigenvalue weighted by molar-refractivity contribution is -0.138. The SMILES string of the molecule is CC(=N)c1cc(C=C2SC(=O)N(CC(=O)NS(=O)(=O)N3CCCC3)C2=O)ccc1NCc1ccc(Cl)cc1C(F)(F)F. The van der Waals surface area contributed by atoms with Crippen LogP contribution in [0.5, 0.6) is 0 Å². The van der Waals surface area contributed by atoms with E-state index in [0.29, 0.717) is 46.3 Å². The van der Waals surface area contributed by atoms with Gasteiger partial charge in [-0.05, 0) is 73.0 Å². The van der Waals surface area contributed by atoms with Gasteiger partial charge < -0.3 is 10.7 Å². The van der Waals surface area contributed by atoms with Gasteiger partial charge in [0.2, 0.25) is 0 Å². The standard InChI is InChI=1S/C26H25ClF3N5O5S2/c1-15(31)19-10-16(4-7-21(19)32-13-17-5-6-18(27)12-20(17)26(28,29)30)11-22-24(37)35(25(38)41-22)14-23(36)33-42(39,40)34-8-2-3-9-34/h4-7,10-12,31-32H,2-3,8-9,13-14H2,1H3,(H,33,36). The van der Waals surface area contributed by atoms with Crippen molar-refractivity contribution in [3.8, 4) is 0 Å². The molecule has 0 bridgehead atoms. The first-order valence-electron chi connectivity index (χ1n) is 12.5. The van der Waals surface area contributed by atoms with E-state index in [1.54, 1.807) is 6.07 Å². The van der Waals surface area contributed by atoms with Crippen LogP contribution in [0.15, 0.2) is 41.3 Å². The van der Waals surface area contributed by atoms with E-state index in [2.05, 4.69) is 5.32 Å². The van der Waals surface area contributed by atoms with Gasteiger partial charge in [0.05, 0.1) is 10.5 Å². The topological polar surface area (TPSA) is 140 Å². The number of anilines is 1. The number of imide groups is 1. The van der Waals surface area contributed by atoms with Crippen molar-refractivity contribution in [2.24, 2.45) is 0 Å². The van der Waals surface area contributed by atoms with E-state index in [-0.39, 0.29) is 40.8 Å². The van der Waals surface area contributed by atoms with E-state index < -0.39 is 45.5 Å². The van der Waals surface area contributed by atoms with E-state index >= 15 is 0 Å². The molecule has 2 fully saturated rings. The zero-order chi connectivity index (χ0) is 30.8. The molecule has 10 nitrogen and oxygen atoms in total. The van der Waals surface area contributed by atoms with E-state index in [1.165, 1.54) is 37.3 Å². The minimum atomic E-state index is -4.61. The number of alkyl halides is 3. The Balaban J connectivity index is 1.48. The Hall–Kier alpha value is -3.40. The molecule has 2 aliphatic heterocycles. The molecular formula is C26H25ClF3N5O5S2. The fraction of sp³-hybridized carbons (Fsp3) is 0.308. The molecule has 0 radical (unpaired) electrons. The van der Waals surface area contributed by atoms with Gasteiger partial charge in [0.1, 0.15) is 6.54 Å². The zero-order valence-electron chi connectivity index (χ0n) is 22.0. The van der Waals surface area contributed by atoms with Crippen molar-refractivity contribution in [3.63, 3.8) is 0 Å².